The van der Waals surface area contributed by atoms with Crippen LogP contribution < -0.4 is 11.1 Å². The van der Waals surface area contributed by atoms with Crippen LogP contribution in [0.5, 0.6) is 0 Å². The molecule has 0 fully saturated rings. The van der Waals surface area contributed by atoms with Gasteiger partial charge in [0, 0.05) is 37.5 Å². The Morgan fingerprint density at radius 1 is 1.53 bits per heavy atom. The van der Waals surface area contributed by atoms with E-state index in [9.17, 15) is 5.11 Å². The van der Waals surface area contributed by atoms with Crippen molar-refractivity contribution < 1.29 is 5.11 Å². The highest BCUT2D eigenvalue weighted by Gasteiger charge is 2.08. The molecule has 1 heterocycles. The second kappa shape index (κ2) is 11.0. The summed E-state index contributed by atoms with van der Waals surface area (Å²) in [6.07, 6.45) is 3.47. The summed E-state index contributed by atoms with van der Waals surface area (Å²) in [4.78, 5) is 8.46. The first-order chi connectivity index (χ1) is 8.76. The molecular formula is C13H23IN4O. The Hall–Kier alpha value is -0.890. The van der Waals surface area contributed by atoms with E-state index in [0.717, 1.165) is 18.7 Å². The Labute approximate surface area is 131 Å². The van der Waals surface area contributed by atoms with Crippen molar-refractivity contribution in [1.82, 2.24) is 10.3 Å². The van der Waals surface area contributed by atoms with E-state index in [1.54, 1.807) is 6.20 Å². The first kappa shape index (κ1) is 18.1. The molecule has 1 unspecified atom stereocenters. The lowest BCUT2D eigenvalue weighted by Gasteiger charge is -2.11. The maximum Gasteiger partial charge on any atom is 0.188 e. The lowest BCUT2D eigenvalue weighted by Crippen LogP contribution is -2.33. The van der Waals surface area contributed by atoms with Gasteiger partial charge in [-0.25, -0.2) is 0 Å². The number of halogens is 1. The van der Waals surface area contributed by atoms with Crippen LogP contribution in [0.25, 0.3) is 0 Å². The summed E-state index contributed by atoms with van der Waals surface area (Å²) < 4.78 is 0. The van der Waals surface area contributed by atoms with Crippen LogP contribution in [0.4, 0.5) is 0 Å². The van der Waals surface area contributed by atoms with Gasteiger partial charge in [0.15, 0.2) is 5.96 Å². The number of pyridine rings is 1. The number of guanidine groups is 1. The predicted molar refractivity (Wildman–Crippen MR) is 88.7 cm³/mol. The minimum Gasteiger partial charge on any atom is -0.396 e. The van der Waals surface area contributed by atoms with Crippen LogP contribution in [-0.4, -0.2) is 35.7 Å². The maximum atomic E-state index is 9.32. The molecule has 6 heteroatoms. The van der Waals surface area contributed by atoms with Crippen molar-refractivity contribution in [1.29, 1.82) is 0 Å². The zero-order valence-electron chi connectivity index (χ0n) is 11.2. The highest BCUT2D eigenvalue weighted by molar-refractivity contribution is 14.0. The molecule has 1 aromatic rings. The summed E-state index contributed by atoms with van der Waals surface area (Å²) in [5.74, 6) is 0.498. The van der Waals surface area contributed by atoms with Crippen LogP contribution in [-0.2, 0) is 6.42 Å². The largest absolute Gasteiger partial charge is 0.396 e. The van der Waals surface area contributed by atoms with E-state index in [2.05, 4.69) is 22.2 Å². The molecule has 0 aromatic carbocycles. The molecule has 0 aliphatic rings. The van der Waals surface area contributed by atoms with Crippen LogP contribution in [0.2, 0.25) is 0 Å². The molecular weight excluding hydrogens is 355 g/mol. The summed E-state index contributed by atoms with van der Waals surface area (Å²) in [5.41, 5.74) is 6.66. The molecule has 4 N–H and O–H groups in total. The SMILES string of the molecule is CCCNC(N)=NCC(CO)Cc1ccccn1.I. The van der Waals surface area contributed by atoms with Crippen molar-refractivity contribution in [2.24, 2.45) is 16.6 Å². The van der Waals surface area contributed by atoms with Crippen LogP contribution in [0.1, 0.15) is 19.0 Å². The number of aliphatic imine (C=N–C) groups is 1. The van der Waals surface area contributed by atoms with Crippen LogP contribution in [0.3, 0.4) is 0 Å². The number of aliphatic hydroxyl groups excluding tert-OH is 1. The normalized spacial score (nSPS) is 12.6. The third-order valence-corrected chi connectivity index (χ3v) is 2.56. The van der Waals surface area contributed by atoms with Gasteiger partial charge >= 0.3 is 0 Å². The molecule has 108 valence electrons. The zero-order valence-corrected chi connectivity index (χ0v) is 13.6. The zero-order chi connectivity index (χ0) is 13.2. The van der Waals surface area contributed by atoms with E-state index in [4.69, 9.17) is 5.73 Å². The fourth-order valence-electron chi connectivity index (χ4n) is 1.54. The van der Waals surface area contributed by atoms with Gasteiger partial charge in [0.1, 0.15) is 0 Å². The van der Waals surface area contributed by atoms with E-state index in [-0.39, 0.29) is 36.5 Å². The monoisotopic (exact) mass is 378 g/mol. The Bertz CT molecular complexity index is 359. The third-order valence-electron chi connectivity index (χ3n) is 2.56. The minimum absolute atomic E-state index is 0. The molecule has 0 amide bonds. The van der Waals surface area contributed by atoms with Crippen LogP contribution in [0, 0.1) is 5.92 Å². The van der Waals surface area contributed by atoms with E-state index in [1.807, 2.05) is 18.2 Å². The molecule has 1 aromatic heterocycles. The first-order valence-electron chi connectivity index (χ1n) is 6.30. The van der Waals surface area contributed by atoms with Crippen molar-refractivity contribution in [2.45, 2.75) is 19.8 Å². The van der Waals surface area contributed by atoms with Crippen molar-refractivity contribution in [3.05, 3.63) is 30.1 Å². The first-order valence-corrected chi connectivity index (χ1v) is 6.30. The predicted octanol–water partition coefficient (Wildman–Crippen LogP) is 1.16. The Kier molecular flexibility index (Phi) is 10.5. The third kappa shape index (κ3) is 7.99. The van der Waals surface area contributed by atoms with Crippen LogP contribution >= 0.6 is 24.0 Å². The van der Waals surface area contributed by atoms with Gasteiger partial charge in [-0.1, -0.05) is 13.0 Å². The summed E-state index contributed by atoms with van der Waals surface area (Å²) in [7, 11) is 0. The molecule has 1 rings (SSSR count). The standard InChI is InChI=1S/C13H22N4O.HI/c1-2-6-16-13(14)17-9-11(10-18)8-12-5-3-4-7-15-12;/h3-5,7,11,18H,2,6,8-10H2,1H3,(H3,14,16,17);1H. The summed E-state index contributed by atoms with van der Waals surface area (Å²) >= 11 is 0. The molecule has 0 radical (unpaired) electrons. The van der Waals surface area contributed by atoms with Crippen molar-refractivity contribution in [3.63, 3.8) is 0 Å². The summed E-state index contributed by atoms with van der Waals surface area (Å²) in [5, 5.41) is 12.3. The number of nitrogens with two attached hydrogens (primary N) is 1. The quantitative estimate of drug-likeness (QED) is 0.378. The second-order valence-corrected chi connectivity index (χ2v) is 4.23. The van der Waals surface area contributed by atoms with Gasteiger partial charge in [-0.2, -0.15) is 0 Å². The van der Waals surface area contributed by atoms with Crippen molar-refractivity contribution >= 4 is 29.9 Å². The molecule has 0 aliphatic heterocycles. The van der Waals surface area contributed by atoms with Crippen molar-refractivity contribution in [2.75, 3.05) is 19.7 Å². The smallest absolute Gasteiger partial charge is 0.188 e. The Balaban J connectivity index is 0.00000324. The molecule has 0 saturated carbocycles. The average molecular weight is 378 g/mol. The second-order valence-electron chi connectivity index (χ2n) is 4.23. The number of nitrogens with one attached hydrogen (secondary N) is 1. The number of nitrogens with zero attached hydrogens (tertiary/aromatic N) is 2. The summed E-state index contributed by atoms with van der Waals surface area (Å²) in [6.45, 7) is 3.48. The fourth-order valence-corrected chi connectivity index (χ4v) is 1.54. The Morgan fingerprint density at radius 3 is 2.89 bits per heavy atom. The molecule has 0 aliphatic carbocycles. The fraction of sp³-hybridized carbons (Fsp3) is 0.538. The molecule has 19 heavy (non-hydrogen) atoms. The van der Waals surface area contributed by atoms with Crippen molar-refractivity contribution in [3.8, 4) is 0 Å². The van der Waals surface area contributed by atoms with E-state index >= 15 is 0 Å². The number of hydrogen-bond acceptors (Lipinski definition) is 3. The number of aliphatic hydroxyl groups is 1. The molecule has 0 saturated heterocycles. The lowest BCUT2D eigenvalue weighted by atomic mass is 10.0. The molecule has 1 atom stereocenters. The molecule has 0 spiro atoms. The molecule has 0 bridgehead atoms. The number of hydrogen-bond donors (Lipinski definition) is 3. The van der Waals surface area contributed by atoms with Gasteiger partial charge in [-0.15, -0.1) is 24.0 Å². The maximum absolute atomic E-state index is 9.32. The van der Waals surface area contributed by atoms with Gasteiger partial charge in [0.05, 0.1) is 0 Å². The minimum atomic E-state index is 0. The van der Waals surface area contributed by atoms with E-state index < -0.39 is 0 Å². The van der Waals surface area contributed by atoms with Gasteiger partial charge in [-0.3, -0.25) is 9.98 Å². The average Bonchev–Trinajstić information content (AvgIpc) is 2.42. The van der Waals surface area contributed by atoms with Gasteiger partial charge in [-0.05, 0) is 25.0 Å². The van der Waals surface area contributed by atoms with Gasteiger partial charge in [0.2, 0.25) is 0 Å². The Morgan fingerprint density at radius 2 is 2.32 bits per heavy atom. The highest BCUT2D eigenvalue weighted by atomic mass is 127. The van der Waals surface area contributed by atoms with Gasteiger partial charge < -0.3 is 16.2 Å². The lowest BCUT2D eigenvalue weighted by molar-refractivity contribution is 0.229. The van der Waals surface area contributed by atoms with E-state index in [1.165, 1.54) is 0 Å². The number of aromatic nitrogens is 1. The van der Waals surface area contributed by atoms with Crippen LogP contribution in [0.15, 0.2) is 29.4 Å². The van der Waals surface area contributed by atoms with Gasteiger partial charge in [0.25, 0.3) is 0 Å². The number of rotatable bonds is 7. The summed E-state index contributed by atoms with van der Waals surface area (Å²) in [6, 6.07) is 5.77. The molecule has 5 nitrogen and oxygen atoms in total. The highest BCUT2D eigenvalue weighted by Crippen LogP contribution is 2.06. The topological polar surface area (TPSA) is 83.5 Å². The van der Waals surface area contributed by atoms with E-state index in [0.29, 0.717) is 18.9 Å².